The summed E-state index contributed by atoms with van der Waals surface area (Å²) in [6.07, 6.45) is 1.70. The molecule has 1 aromatic carbocycles. The Balaban J connectivity index is 2.15. The zero-order chi connectivity index (χ0) is 14.5. The van der Waals surface area contributed by atoms with Crippen molar-refractivity contribution in [2.45, 2.75) is 45.6 Å². The van der Waals surface area contributed by atoms with Gasteiger partial charge in [0.05, 0.1) is 5.92 Å². The van der Waals surface area contributed by atoms with Gasteiger partial charge in [-0.05, 0) is 38.4 Å². The van der Waals surface area contributed by atoms with Crippen molar-refractivity contribution in [3.05, 3.63) is 47.1 Å². The molecule has 4 heteroatoms. The molecule has 0 saturated carbocycles. The summed E-state index contributed by atoms with van der Waals surface area (Å²) < 4.78 is 5.45. The molecule has 2 aromatic rings. The molecule has 0 aliphatic heterocycles. The molecule has 0 spiro atoms. The molecule has 2 unspecified atom stereocenters. The van der Waals surface area contributed by atoms with Crippen LogP contribution in [0.15, 0.2) is 28.8 Å². The van der Waals surface area contributed by atoms with Crippen molar-refractivity contribution in [3.63, 3.8) is 0 Å². The summed E-state index contributed by atoms with van der Waals surface area (Å²) in [6.45, 7) is 6.39. The van der Waals surface area contributed by atoms with Gasteiger partial charge < -0.3 is 9.84 Å². The molecule has 0 saturated heterocycles. The molecule has 0 fully saturated rings. The molecule has 4 nitrogen and oxygen atoms in total. The number of nitrogens with zero attached hydrogens (tertiary/aromatic N) is 2. The second-order valence-corrected chi connectivity index (χ2v) is 5.24. The van der Waals surface area contributed by atoms with Crippen LogP contribution in [-0.2, 0) is 6.42 Å². The van der Waals surface area contributed by atoms with Crippen LogP contribution in [0.3, 0.4) is 0 Å². The van der Waals surface area contributed by atoms with Gasteiger partial charge >= 0.3 is 0 Å². The maximum Gasteiger partial charge on any atom is 0.231 e. The van der Waals surface area contributed by atoms with Crippen LogP contribution in [0, 0.1) is 6.92 Å². The van der Waals surface area contributed by atoms with Crippen LogP contribution in [0.25, 0.3) is 0 Å². The molecule has 1 heterocycles. The second-order valence-electron chi connectivity index (χ2n) is 5.24. The molecule has 108 valence electrons. The highest BCUT2D eigenvalue weighted by molar-refractivity contribution is 5.28. The standard InChI is InChI=1S/C16H23N3O/c1-5-14(12(3)17-4)16-18-15(19-20-16)10-13-9-7-6-8-11(13)2/h6-9,12,14,17H,5,10H2,1-4H3. The van der Waals surface area contributed by atoms with E-state index < -0.39 is 0 Å². The normalized spacial score (nSPS) is 14.2. The fraction of sp³-hybridized carbons (Fsp3) is 0.500. The average Bonchev–Trinajstić information content (AvgIpc) is 2.90. The van der Waals surface area contributed by atoms with Crippen molar-refractivity contribution >= 4 is 0 Å². The highest BCUT2D eigenvalue weighted by atomic mass is 16.5. The van der Waals surface area contributed by atoms with Crippen molar-refractivity contribution in [2.75, 3.05) is 7.05 Å². The van der Waals surface area contributed by atoms with E-state index in [0.717, 1.165) is 24.6 Å². The van der Waals surface area contributed by atoms with E-state index in [1.807, 2.05) is 19.2 Å². The van der Waals surface area contributed by atoms with Crippen molar-refractivity contribution in [2.24, 2.45) is 0 Å². The Kier molecular flexibility index (Phi) is 4.90. The molecule has 0 aliphatic rings. The number of aryl methyl sites for hydroxylation is 1. The highest BCUT2D eigenvalue weighted by Crippen LogP contribution is 2.22. The molecule has 1 aromatic heterocycles. The third-order valence-corrected chi connectivity index (χ3v) is 3.91. The first-order chi connectivity index (χ1) is 9.65. The van der Waals surface area contributed by atoms with Gasteiger partial charge in [0.25, 0.3) is 0 Å². The van der Waals surface area contributed by atoms with Crippen LogP contribution in [-0.4, -0.2) is 23.2 Å². The lowest BCUT2D eigenvalue weighted by Crippen LogP contribution is -2.28. The van der Waals surface area contributed by atoms with Crippen LogP contribution < -0.4 is 5.32 Å². The van der Waals surface area contributed by atoms with Gasteiger partial charge in [0.2, 0.25) is 5.89 Å². The van der Waals surface area contributed by atoms with Gasteiger partial charge in [0.1, 0.15) is 0 Å². The molecule has 0 radical (unpaired) electrons. The first-order valence-electron chi connectivity index (χ1n) is 7.20. The summed E-state index contributed by atoms with van der Waals surface area (Å²) in [5, 5.41) is 7.38. The average molecular weight is 273 g/mol. The number of benzene rings is 1. The van der Waals surface area contributed by atoms with Gasteiger partial charge in [0, 0.05) is 12.5 Å². The van der Waals surface area contributed by atoms with Crippen LogP contribution in [0.5, 0.6) is 0 Å². The minimum atomic E-state index is 0.262. The maximum absolute atomic E-state index is 5.45. The zero-order valence-corrected chi connectivity index (χ0v) is 12.7. The van der Waals surface area contributed by atoms with E-state index >= 15 is 0 Å². The summed E-state index contributed by atoms with van der Waals surface area (Å²) in [4.78, 5) is 4.57. The van der Waals surface area contributed by atoms with Crippen LogP contribution >= 0.6 is 0 Å². The van der Waals surface area contributed by atoms with E-state index in [9.17, 15) is 0 Å². The van der Waals surface area contributed by atoms with E-state index in [1.165, 1.54) is 11.1 Å². The van der Waals surface area contributed by atoms with Crippen LogP contribution in [0.4, 0.5) is 0 Å². The topological polar surface area (TPSA) is 51.0 Å². The number of rotatable bonds is 6. The molecule has 1 N–H and O–H groups in total. The van der Waals surface area contributed by atoms with Crippen molar-refractivity contribution in [1.29, 1.82) is 0 Å². The third kappa shape index (κ3) is 3.25. The van der Waals surface area contributed by atoms with E-state index in [2.05, 4.69) is 48.4 Å². The van der Waals surface area contributed by atoms with Gasteiger partial charge in [-0.15, -0.1) is 0 Å². The lowest BCUT2D eigenvalue weighted by molar-refractivity contribution is 0.320. The van der Waals surface area contributed by atoms with E-state index in [-0.39, 0.29) is 5.92 Å². The summed E-state index contributed by atoms with van der Waals surface area (Å²) >= 11 is 0. The third-order valence-electron chi connectivity index (χ3n) is 3.91. The summed E-state index contributed by atoms with van der Waals surface area (Å²) in [6, 6.07) is 8.63. The van der Waals surface area contributed by atoms with Gasteiger partial charge in [-0.1, -0.05) is 36.3 Å². The molecule has 2 rings (SSSR count). The molecule has 2 atom stereocenters. The zero-order valence-electron chi connectivity index (χ0n) is 12.7. The van der Waals surface area contributed by atoms with Gasteiger partial charge in [0.15, 0.2) is 5.82 Å². The number of likely N-dealkylation sites (N-methyl/N-ethyl adjacent to an activating group) is 1. The molecular weight excluding hydrogens is 250 g/mol. The smallest absolute Gasteiger partial charge is 0.231 e. The predicted octanol–water partition coefficient (Wildman–Crippen LogP) is 3.07. The SMILES string of the molecule is CCC(c1nc(Cc2ccccc2C)no1)C(C)NC. The molecular formula is C16H23N3O. The first-order valence-corrected chi connectivity index (χ1v) is 7.20. The Morgan fingerprint density at radius 3 is 2.70 bits per heavy atom. The Bertz CT molecular complexity index is 550. The summed E-state index contributed by atoms with van der Waals surface area (Å²) in [7, 11) is 1.96. The Morgan fingerprint density at radius 2 is 2.05 bits per heavy atom. The summed E-state index contributed by atoms with van der Waals surface area (Å²) in [5.41, 5.74) is 2.50. The highest BCUT2D eigenvalue weighted by Gasteiger charge is 2.22. The maximum atomic E-state index is 5.45. The molecule has 20 heavy (non-hydrogen) atoms. The van der Waals surface area contributed by atoms with Crippen LogP contribution in [0.2, 0.25) is 0 Å². The number of hydrogen-bond acceptors (Lipinski definition) is 4. The van der Waals surface area contributed by atoms with Gasteiger partial charge in [-0.2, -0.15) is 4.98 Å². The Hall–Kier alpha value is -1.68. The van der Waals surface area contributed by atoms with Crippen molar-refractivity contribution in [3.8, 4) is 0 Å². The second kappa shape index (κ2) is 6.66. The number of aromatic nitrogens is 2. The van der Waals surface area contributed by atoms with Gasteiger partial charge in [-0.25, -0.2) is 0 Å². The quantitative estimate of drug-likeness (QED) is 0.878. The molecule has 0 bridgehead atoms. The largest absolute Gasteiger partial charge is 0.339 e. The number of nitrogens with one attached hydrogen (secondary N) is 1. The van der Waals surface area contributed by atoms with E-state index in [1.54, 1.807) is 0 Å². The minimum Gasteiger partial charge on any atom is -0.339 e. The number of hydrogen-bond donors (Lipinski definition) is 1. The minimum absolute atomic E-state index is 0.262. The Labute approximate surface area is 120 Å². The lowest BCUT2D eigenvalue weighted by Gasteiger charge is -2.17. The predicted molar refractivity (Wildman–Crippen MR) is 79.8 cm³/mol. The van der Waals surface area contributed by atoms with E-state index in [0.29, 0.717) is 6.04 Å². The van der Waals surface area contributed by atoms with E-state index in [4.69, 9.17) is 4.52 Å². The molecule has 0 amide bonds. The monoisotopic (exact) mass is 273 g/mol. The lowest BCUT2D eigenvalue weighted by atomic mass is 9.98. The fourth-order valence-corrected chi connectivity index (χ4v) is 2.41. The Morgan fingerprint density at radius 1 is 1.30 bits per heavy atom. The fourth-order valence-electron chi connectivity index (χ4n) is 2.41. The summed E-state index contributed by atoms with van der Waals surface area (Å²) in [5.74, 6) is 1.76. The van der Waals surface area contributed by atoms with Gasteiger partial charge in [-0.3, -0.25) is 0 Å². The molecule has 0 aliphatic carbocycles. The van der Waals surface area contributed by atoms with Crippen molar-refractivity contribution in [1.82, 2.24) is 15.5 Å². The van der Waals surface area contributed by atoms with Crippen molar-refractivity contribution < 1.29 is 4.52 Å². The first kappa shape index (κ1) is 14.7. The van der Waals surface area contributed by atoms with Crippen LogP contribution in [0.1, 0.15) is 49.0 Å².